The van der Waals surface area contributed by atoms with Gasteiger partial charge in [0.15, 0.2) is 0 Å². The fourth-order valence-electron chi connectivity index (χ4n) is 3.94. The summed E-state index contributed by atoms with van der Waals surface area (Å²) in [4.78, 5) is 27.6. The summed E-state index contributed by atoms with van der Waals surface area (Å²) in [6.45, 7) is 9.32. The van der Waals surface area contributed by atoms with Crippen LogP contribution in [-0.2, 0) is 26.2 Å². The maximum absolute atomic E-state index is 13.4. The molecule has 0 saturated carbocycles. The lowest BCUT2D eigenvalue weighted by atomic mass is 10.1. The zero-order valence-corrected chi connectivity index (χ0v) is 24.0. The minimum Gasteiger partial charge on any atom is -0.352 e. The van der Waals surface area contributed by atoms with Crippen molar-refractivity contribution < 1.29 is 18.0 Å². The Morgan fingerprint density at radius 1 is 1.00 bits per heavy atom. The lowest BCUT2D eigenvalue weighted by Crippen LogP contribution is -2.49. The monoisotopic (exact) mass is 555 g/mol. The van der Waals surface area contributed by atoms with Gasteiger partial charge < -0.3 is 10.2 Å². The number of benzene rings is 2. The highest BCUT2D eigenvalue weighted by Gasteiger charge is 2.28. The Balaban J connectivity index is 2.25. The predicted octanol–water partition coefficient (Wildman–Crippen LogP) is 5.10. The summed E-state index contributed by atoms with van der Waals surface area (Å²) in [5.74, 6) is -0.596. The molecule has 2 rings (SSSR count). The lowest BCUT2D eigenvalue weighted by Gasteiger charge is -2.30. The molecule has 0 aliphatic rings. The van der Waals surface area contributed by atoms with E-state index in [0.29, 0.717) is 21.3 Å². The maximum atomic E-state index is 13.4. The predicted molar refractivity (Wildman–Crippen MR) is 147 cm³/mol. The molecule has 0 aliphatic carbocycles. The largest absolute Gasteiger partial charge is 0.352 e. The number of hydrogen-bond acceptors (Lipinski definition) is 4. The van der Waals surface area contributed by atoms with Crippen LogP contribution in [0, 0.1) is 13.8 Å². The van der Waals surface area contributed by atoms with Gasteiger partial charge in [0.25, 0.3) is 0 Å². The summed E-state index contributed by atoms with van der Waals surface area (Å²) in [5.41, 5.74) is 3.00. The molecule has 2 amide bonds. The molecule has 0 spiro atoms. The molecule has 0 aliphatic heterocycles. The number of halogens is 2. The SMILES string of the molecule is Cc1cc(C)cc(N(CCCC(=O)N(Cc2c(Cl)cccc2Cl)[C@@H](C)C(=O)NC(C)C)S(C)(=O)=O)c1. The van der Waals surface area contributed by atoms with E-state index in [1.807, 2.05) is 33.8 Å². The second-order valence-corrected chi connectivity index (χ2v) is 12.1. The normalized spacial score (nSPS) is 12.4. The number of rotatable bonds is 11. The van der Waals surface area contributed by atoms with Crippen molar-refractivity contribution in [1.29, 1.82) is 0 Å². The van der Waals surface area contributed by atoms with Crippen molar-refractivity contribution in [2.24, 2.45) is 0 Å². The average molecular weight is 557 g/mol. The van der Waals surface area contributed by atoms with Crippen molar-refractivity contribution >= 4 is 50.7 Å². The molecule has 2 aromatic rings. The molecule has 0 fully saturated rings. The van der Waals surface area contributed by atoms with Crippen LogP contribution >= 0.6 is 23.2 Å². The van der Waals surface area contributed by atoms with Crippen LogP contribution in [0.25, 0.3) is 0 Å². The first kappa shape index (κ1) is 29.9. The first-order valence-corrected chi connectivity index (χ1v) is 14.4. The van der Waals surface area contributed by atoms with Crippen molar-refractivity contribution in [1.82, 2.24) is 10.2 Å². The van der Waals surface area contributed by atoms with E-state index in [-0.39, 0.29) is 43.8 Å². The Hall–Kier alpha value is -2.29. The molecule has 0 saturated heterocycles. The van der Waals surface area contributed by atoms with Crippen molar-refractivity contribution in [2.75, 3.05) is 17.1 Å². The van der Waals surface area contributed by atoms with Gasteiger partial charge in [-0.15, -0.1) is 0 Å². The molecule has 0 unspecified atom stereocenters. The average Bonchev–Trinajstić information content (AvgIpc) is 2.74. The van der Waals surface area contributed by atoms with Crippen LogP contribution in [0.4, 0.5) is 5.69 Å². The third kappa shape index (κ3) is 8.39. The van der Waals surface area contributed by atoms with E-state index in [0.717, 1.165) is 17.4 Å². The second-order valence-electron chi connectivity index (χ2n) is 9.35. The van der Waals surface area contributed by atoms with E-state index in [9.17, 15) is 18.0 Å². The molecule has 36 heavy (non-hydrogen) atoms. The topological polar surface area (TPSA) is 86.8 Å². The highest BCUT2D eigenvalue weighted by Crippen LogP contribution is 2.27. The van der Waals surface area contributed by atoms with Gasteiger partial charge >= 0.3 is 0 Å². The first-order valence-electron chi connectivity index (χ1n) is 11.8. The van der Waals surface area contributed by atoms with Gasteiger partial charge in [-0.1, -0.05) is 35.3 Å². The second kappa shape index (κ2) is 12.8. The Labute approximate surface area is 224 Å². The Bertz CT molecular complexity index is 1160. The van der Waals surface area contributed by atoms with Crippen molar-refractivity contribution in [3.8, 4) is 0 Å². The molecule has 1 atom stereocenters. The number of aryl methyl sites for hydroxylation is 2. The summed E-state index contributed by atoms with van der Waals surface area (Å²) >= 11 is 12.7. The third-order valence-electron chi connectivity index (χ3n) is 5.63. The third-order valence-corrected chi connectivity index (χ3v) is 7.54. The Morgan fingerprint density at radius 2 is 1.56 bits per heavy atom. The molecular formula is C26H35Cl2N3O4S. The first-order chi connectivity index (χ1) is 16.7. The van der Waals surface area contributed by atoms with Crippen LogP contribution in [0.1, 0.15) is 50.3 Å². The van der Waals surface area contributed by atoms with E-state index < -0.39 is 16.1 Å². The molecule has 0 bridgehead atoms. The number of amides is 2. The minimum absolute atomic E-state index is 0.0399. The van der Waals surface area contributed by atoms with E-state index in [1.165, 1.54) is 9.21 Å². The number of anilines is 1. The Kier molecular flexibility index (Phi) is 10.6. The van der Waals surface area contributed by atoms with Gasteiger partial charge in [0, 0.05) is 41.2 Å². The lowest BCUT2D eigenvalue weighted by molar-refractivity contribution is -0.140. The molecule has 10 heteroatoms. The summed E-state index contributed by atoms with van der Waals surface area (Å²) in [6.07, 6.45) is 1.46. The zero-order chi connectivity index (χ0) is 27.2. The number of carbonyl (C=O) groups is 2. The zero-order valence-electron chi connectivity index (χ0n) is 21.6. The van der Waals surface area contributed by atoms with Crippen LogP contribution in [-0.4, -0.2) is 50.0 Å². The van der Waals surface area contributed by atoms with Gasteiger partial charge in [0.2, 0.25) is 21.8 Å². The molecule has 2 aromatic carbocycles. The number of carbonyl (C=O) groups excluding carboxylic acids is 2. The molecule has 7 nitrogen and oxygen atoms in total. The quantitative estimate of drug-likeness (QED) is 0.418. The highest BCUT2D eigenvalue weighted by atomic mass is 35.5. The van der Waals surface area contributed by atoms with Gasteiger partial charge in [-0.2, -0.15) is 0 Å². The Morgan fingerprint density at radius 3 is 2.06 bits per heavy atom. The molecular weight excluding hydrogens is 521 g/mol. The maximum Gasteiger partial charge on any atom is 0.242 e. The number of nitrogens with one attached hydrogen (secondary N) is 1. The fraction of sp³-hybridized carbons (Fsp3) is 0.462. The van der Waals surface area contributed by atoms with E-state index in [2.05, 4.69) is 5.32 Å². The van der Waals surface area contributed by atoms with Gasteiger partial charge in [-0.05, 0) is 76.4 Å². The van der Waals surface area contributed by atoms with Crippen LogP contribution in [0.2, 0.25) is 10.0 Å². The van der Waals surface area contributed by atoms with Crippen LogP contribution in [0.5, 0.6) is 0 Å². The van der Waals surface area contributed by atoms with Gasteiger partial charge in [-0.25, -0.2) is 8.42 Å². The van der Waals surface area contributed by atoms with E-state index >= 15 is 0 Å². The number of nitrogens with zero attached hydrogens (tertiary/aromatic N) is 2. The molecule has 198 valence electrons. The molecule has 0 aromatic heterocycles. The molecule has 1 N–H and O–H groups in total. The van der Waals surface area contributed by atoms with Crippen molar-refractivity contribution in [3.63, 3.8) is 0 Å². The smallest absolute Gasteiger partial charge is 0.242 e. The highest BCUT2D eigenvalue weighted by molar-refractivity contribution is 7.92. The summed E-state index contributed by atoms with van der Waals surface area (Å²) in [6, 6.07) is 9.77. The molecule has 0 radical (unpaired) electrons. The standard InChI is InChI=1S/C26H35Cl2N3O4S/c1-17(2)29-26(33)20(5)30(16-22-23(27)9-7-10-24(22)28)25(32)11-8-12-31(36(6,34)35)21-14-18(3)13-19(4)15-21/h7,9-10,13-15,17,20H,8,11-12,16H2,1-6H3,(H,29,33)/t20-/m0/s1. The fourth-order valence-corrected chi connectivity index (χ4v) is 5.41. The van der Waals surface area contributed by atoms with Crippen molar-refractivity contribution in [3.05, 3.63) is 63.1 Å². The number of hydrogen-bond donors (Lipinski definition) is 1. The minimum atomic E-state index is -3.56. The van der Waals surface area contributed by atoms with Gasteiger partial charge in [-0.3, -0.25) is 13.9 Å². The van der Waals surface area contributed by atoms with Crippen LogP contribution < -0.4 is 9.62 Å². The van der Waals surface area contributed by atoms with E-state index in [4.69, 9.17) is 23.2 Å². The van der Waals surface area contributed by atoms with Crippen molar-refractivity contribution in [2.45, 2.75) is 66.1 Å². The molecule has 0 heterocycles. The van der Waals surface area contributed by atoms with Gasteiger partial charge in [0.05, 0.1) is 11.9 Å². The number of sulfonamides is 1. The summed E-state index contributed by atoms with van der Waals surface area (Å²) < 4.78 is 26.4. The van der Waals surface area contributed by atoms with Crippen LogP contribution in [0.3, 0.4) is 0 Å². The van der Waals surface area contributed by atoms with Crippen LogP contribution in [0.15, 0.2) is 36.4 Å². The summed E-state index contributed by atoms with van der Waals surface area (Å²) in [5, 5.41) is 3.63. The van der Waals surface area contributed by atoms with E-state index in [1.54, 1.807) is 37.3 Å². The van der Waals surface area contributed by atoms with Gasteiger partial charge in [0.1, 0.15) is 6.04 Å². The summed E-state index contributed by atoms with van der Waals surface area (Å²) in [7, 11) is -3.56.